The number of halogens is 1. The lowest BCUT2D eigenvalue weighted by Gasteiger charge is -2.13. The number of benzene rings is 1. The number of aryl methyl sites for hydroxylation is 1. The van der Waals surface area contributed by atoms with E-state index in [9.17, 15) is 5.11 Å². The molecular formula is C13H13BrO2. The largest absolute Gasteiger partial charge is 0.472 e. The Balaban J connectivity index is 2.21. The fourth-order valence-electron chi connectivity index (χ4n) is 1.67. The van der Waals surface area contributed by atoms with Gasteiger partial charge in [-0.15, -0.1) is 0 Å². The fraction of sp³-hybridized carbons (Fsp3) is 0.231. The summed E-state index contributed by atoms with van der Waals surface area (Å²) in [7, 11) is 0. The van der Waals surface area contributed by atoms with Crippen molar-refractivity contribution in [3.8, 4) is 0 Å². The van der Waals surface area contributed by atoms with E-state index in [4.69, 9.17) is 4.42 Å². The Morgan fingerprint density at radius 3 is 2.88 bits per heavy atom. The van der Waals surface area contributed by atoms with Crippen molar-refractivity contribution in [1.29, 1.82) is 0 Å². The van der Waals surface area contributed by atoms with Crippen molar-refractivity contribution in [1.82, 2.24) is 0 Å². The van der Waals surface area contributed by atoms with Gasteiger partial charge in [-0.2, -0.15) is 0 Å². The third-order valence-electron chi connectivity index (χ3n) is 2.59. The molecule has 0 aliphatic carbocycles. The zero-order valence-electron chi connectivity index (χ0n) is 8.98. The smallest absolute Gasteiger partial charge is 0.0935 e. The lowest BCUT2D eigenvalue weighted by molar-refractivity contribution is 0.177. The molecule has 0 radical (unpaired) electrons. The van der Waals surface area contributed by atoms with Crippen LogP contribution >= 0.6 is 15.9 Å². The van der Waals surface area contributed by atoms with Gasteiger partial charge in [-0.05, 0) is 29.7 Å². The minimum absolute atomic E-state index is 0.508. The number of hydrogen-bond acceptors (Lipinski definition) is 2. The van der Waals surface area contributed by atoms with Gasteiger partial charge in [-0.1, -0.05) is 34.1 Å². The van der Waals surface area contributed by atoms with Crippen LogP contribution in [0.25, 0.3) is 0 Å². The molecule has 0 saturated heterocycles. The number of hydrogen-bond donors (Lipinski definition) is 1. The van der Waals surface area contributed by atoms with Crippen LogP contribution in [0.2, 0.25) is 0 Å². The van der Waals surface area contributed by atoms with Crippen LogP contribution in [-0.4, -0.2) is 5.11 Å². The van der Waals surface area contributed by atoms with Crippen molar-refractivity contribution >= 4 is 15.9 Å². The first-order valence-corrected chi connectivity index (χ1v) is 5.92. The van der Waals surface area contributed by atoms with E-state index in [1.165, 1.54) is 0 Å². The molecule has 2 rings (SSSR count). The van der Waals surface area contributed by atoms with Gasteiger partial charge in [0.2, 0.25) is 0 Å². The Morgan fingerprint density at radius 1 is 1.38 bits per heavy atom. The molecule has 1 aromatic heterocycles. The topological polar surface area (TPSA) is 33.4 Å². The zero-order valence-corrected chi connectivity index (χ0v) is 10.6. The van der Waals surface area contributed by atoms with Crippen LogP contribution < -0.4 is 0 Å². The SMILES string of the molecule is Cc1cccc(C(O)Cc2ccoc2)c1Br. The molecule has 0 aliphatic heterocycles. The van der Waals surface area contributed by atoms with Crippen molar-refractivity contribution in [3.63, 3.8) is 0 Å². The van der Waals surface area contributed by atoms with Crippen molar-refractivity contribution in [2.75, 3.05) is 0 Å². The van der Waals surface area contributed by atoms with Crippen molar-refractivity contribution < 1.29 is 9.52 Å². The van der Waals surface area contributed by atoms with Crippen molar-refractivity contribution in [2.45, 2.75) is 19.4 Å². The second-order valence-corrected chi connectivity index (χ2v) is 4.62. The van der Waals surface area contributed by atoms with Gasteiger partial charge in [0, 0.05) is 10.9 Å². The molecule has 2 nitrogen and oxygen atoms in total. The maximum absolute atomic E-state index is 10.1. The van der Waals surface area contributed by atoms with E-state index >= 15 is 0 Å². The maximum Gasteiger partial charge on any atom is 0.0935 e. The zero-order chi connectivity index (χ0) is 11.5. The number of aliphatic hydroxyl groups is 1. The molecule has 0 saturated carbocycles. The van der Waals surface area contributed by atoms with E-state index < -0.39 is 6.10 Å². The molecule has 2 aromatic rings. The van der Waals surface area contributed by atoms with E-state index in [1.54, 1.807) is 12.5 Å². The van der Waals surface area contributed by atoms with Gasteiger partial charge < -0.3 is 9.52 Å². The molecule has 0 fully saturated rings. The minimum atomic E-state index is -0.508. The molecule has 0 aliphatic rings. The summed E-state index contributed by atoms with van der Waals surface area (Å²) in [6.07, 6.45) is 3.34. The normalized spacial score (nSPS) is 12.7. The summed E-state index contributed by atoms with van der Waals surface area (Å²) in [5.74, 6) is 0. The van der Waals surface area contributed by atoms with Crippen LogP contribution in [-0.2, 0) is 6.42 Å². The Labute approximate surface area is 103 Å². The molecule has 0 amide bonds. The Hall–Kier alpha value is -1.06. The molecule has 0 bridgehead atoms. The molecule has 1 atom stereocenters. The quantitative estimate of drug-likeness (QED) is 0.932. The van der Waals surface area contributed by atoms with E-state index in [2.05, 4.69) is 15.9 Å². The first-order chi connectivity index (χ1) is 7.68. The van der Waals surface area contributed by atoms with Crippen LogP contribution in [0.15, 0.2) is 45.7 Å². The van der Waals surface area contributed by atoms with E-state index in [0.717, 1.165) is 21.2 Å². The average Bonchev–Trinajstić information content (AvgIpc) is 2.74. The fourth-order valence-corrected chi connectivity index (χ4v) is 2.20. The lowest BCUT2D eigenvalue weighted by Crippen LogP contribution is -2.02. The molecule has 1 heterocycles. The highest BCUT2D eigenvalue weighted by Gasteiger charge is 2.13. The second-order valence-electron chi connectivity index (χ2n) is 3.83. The molecule has 3 heteroatoms. The second kappa shape index (κ2) is 4.85. The highest BCUT2D eigenvalue weighted by atomic mass is 79.9. The van der Waals surface area contributed by atoms with Gasteiger partial charge in [0.15, 0.2) is 0 Å². The molecule has 16 heavy (non-hydrogen) atoms. The van der Waals surface area contributed by atoms with Gasteiger partial charge in [0.1, 0.15) is 0 Å². The van der Waals surface area contributed by atoms with Crippen LogP contribution in [0.4, 0.5) is 0 Å². The number of aliphatic hydroxyl groups excluding tert-OH is 1. The summed E-state index contributed by atoms with van der Waals surface area (Å²) < 4.78 is 5.96. The summed E-state index contributed by atoms with van der Waals surface area (Å²) in [6.45, 7) is 2.01. The summed E-state index contributed by atoms with van der Waals surface area (Å²) >= 11 is 3.50. The highest BCUT2D eigenvalue weighted by molar-refractivity contribution is 9.10. The molecule has 0 spiro atoms. The Morgan fingerprint density at radius 2 is 2.19 bits per heavy atom. The van der Waals surface area contributed by atoms with Gasteiger partial charge in [-0.25, -0.2) is 0 Å². The molecule has 1 unspecified atom stereocenters. The van der Waals surface area contributed by atoms with Crippen LogP contribution in [0.3, 0.4) is 0 Å². The van der Waals surface area contributed by atoms with Gasteiger partial charge in [0.25, 0.3) is 0 Å². The van der Waals surface area contributed by atoms with Gasteiger partial charge >= 0.3 is 0 Å². The maximum atomic E-state index is 10.1. The van der Waals surface area contributed by atoms with Gasteiger partial charge in [-0.3, -0.25) is 0 Å². The van der Waals surface area contributed by atoms with E-state index in [0.29, 0.717) is 6.42 Å². The molecular weight excluding hydrogens is 268 g/mol. The molecule has 84 valence electrons. The molecule has 1 N–H and O–H groups in total. The lowest BCUT2D eigenvalue weighted by atomic mass is 10.0. The first-order valence-electron chi connectivity index (χ1n) is 5.12. The Bertz CT molecular complexity index is 463. The summed E-state index contributed by atoms with van der Waals surface area (Å²) in [4.78, 5) is 0. The monoisotopic (exact) mass is 280 g/mol. The highest BCUT2D eigenvalue weighted by Crippen LogP contribution is 2.28. The third kappa shape index (κ3) is 2.36. The number of furan rings is 1. The molecule has 1 aromatic carbocycles. The third-order valence-corrected chi connectivity index (χ3v) is 3.67. The van der Waals surface area contributed by atoms with E-state index in [-0.39, 0.29) is 0 Å². The van der Waals surface area contributed by atoms with Crippen molar-refractivity contribution in [2.24, 2.45) is 0 Å². The summed E-state index contributed by atoms with van der Waals surface area (Å²) in [5, 5.41) is 10.1. The van der Waals surface area contributed by atoms with Crippen molar-refractivity contribution in [3.05, 3.63) is 58.0 Å². The standard InChI is InChI=1S/C13H13BrO2/c1-9-3-2-4-11(13(9)14)12(15)7-10-5-6-16-8-10/h2-6,8,12,15H,7H2,1H3. The average molecular weight is 281 g/mol. The first kappa shape index (κ1) is 11.4. The number of rotatable bonds is 3. The minimum Gasteiger partial charge on any atom is -0.472 e. The van der Waals surface area contributed by atoms with Gasteiger partial charge in [0.05, 0.1) is 18.6 Å². The Kier molecular flexibility index (Phi) is 3.46. The predicted octanol–water partition coefficient (Wildman–Crippen LogP) is 3.63. The van der Waals surface area contributed by atoms with E-state index in [1.807, 2.05) is 31.2 Å². The van der Waals surface area contributed by atoms with Crippen LogP contribution in [0, 0.1) is 6.92 Å². The van der Waals surface area contributed by atoms with Crippen LogP contribution in [0.5, 0.6) is 0 Å². The van der Waals surface area contributed by atoms with Crippen LogP contribution in [0.1, 0.15) is 22.8 Å². The predicted molar refractivity (Wildman–Crippen MR) is 66.3 cm³/mol. The summed E-state index contributed by atoms with van der Waals surface area (Å²) in [6, 6.07) is 7.76. The summed E-state index contributed by atoms with van der Waals surface area (Å²) in [5.41, 5.74) is 3.05.